The molecule has 134 valence electrons. The Morgan fingerprint density at radius 1 is 0.815 bits per heavy atom. The Kier molecular flexibility index (Phi) is 5.23. The quantitative estimate of drug-likeness (QED) is 0.434. The fourth-order valence-corrected chi connectivity index (χ4v) is 3.36. The van der Waals surface area contributed by atoms with E-state index in [4.69, 9.17) is 28.2 Å². The number of rotatable bonds is 5. The molecule has 0 aliphatic heterocycles. The van der Waals surface area contributed by atoms with Gasteiger partial charge in [0.15, 0.2) is 5.82 Å². The van der Waals surface area contributed by atoms with Gasteiger partial charge in [0.25, 0.3) is 0 Å². The van der Waals surface area contributed by atoms with Crippen molar-refractivity contribution in [3.05, 3.63) is 88.4 Å². The number of nitrogens with zero attached hydrogens (tertiary/aromatic N) is 2. The highest BCUT2D eigenvalue weighted by molar-refractivity contribution is 6.33. The van der Waals surface area contributed by atoms with Crippen LogP contribution in [0, 0.1) is 0 Å². The summed E-state index contributed by atoms with van der Waals surface area (Å²) in [7, 11) is 0. The van der Waals surface area contributed by atoms with Gasteiger partial charge in [0.05, 0.1) is 10.5 Å². The molecule has 0 atom stereocenters. The second-order valence-corrected chi connectivity index (χ2v) is 7.04. The Bertz CT molecular complexity index is 1080. The number of fused-ring (bicyclic) bond motifs is 1. The van der Waals surface area contributed by atoms with Crippen LogP contribution in [0.4, 0.5) is 5.82 Å². The van der Waals surface area contributed by atoms with Crippen molar-refractivity contribution in [2.75, 3.05) is 11.9 Å². The summed E-state index contributed by atoms with van der Waals surface area (Å²) in [5, 5.41) is 5.64. The fraction of sp³-hybridized carbons (Fsp3) is 0.0909. The smallest absolute Gasteiger partial charge is 0.163 e. The standard InChI is InChI=1S/C22H17Cl2N3/c23-16-10-11-18-20(14-16)26-22(17-8-4-5-9-19(17)24)27-21(18)25-13-12-15-6-2-1-3-7-15/h1-11,14H,12-13H2,(H,25,26,27). The van der Waals surface area contributed by atoms with Gasteiger partial charge in [-0.2, -0.15) is 0 Å². The molecule has 1 aromatic heterocycles. The van der Waals surface area contributed by atoms with Gasteiger partial charge in [-0.15, -0.1) is 0 Å². The van der Waals surface area contributed by atoms with Crippen LogP contribution >= 0.6 is 23.2 Å². The van der Waals surface area contributed by atoms with Crippen molar-refractivity contribution in [3.8, 4) is 11.4 Å². The van der Waals surface area contributed by atoms with Crippen LogP contribution in [-0.2, 0) is 6.42 Å². The Balaban J connectivity index is 1.70. The summed E-state index contributed by atoms with van der Waals surface area (Å²) in [5.74, 6) is 1.36. The molecule has 4 aromatic rings. The Hall–Kier alpha value is -2.62. The van der Waals surface area contributed by atoms with Crippen molar-refractivity contribution in [2.45, 2.75) is 6.42 Å². The zero-order valence-electron chi connectivity index (χ0n) is 14.5. The summed E-state index contributed by atoms with van der Waals surface area (Å²) >= 11 is 12.5. The van der Waals surface area contributed by atoms with Crippen molar-refractivity contribution in [3.63, 3.8) is 0 Å². The Morgan fingerprint density at radius 3 is 2.41 bits per heavy atom. The minimum atomic E-state index is 0.581. The molecule has 1 heterocycles. The van der Waals surface area contributed by atoms with Gasteiger partial charge in [-0.3, -0.25) is 0 Å². The van der Waals surface area contributed by atoms with E-state index >= 15 is 0 Å². The molecule has 0 saturated carbocycles. The van der Waals surface area contributed by atoms with Crippen LogP contribution in [0.15, 0.2) is 72.8 Å². The third kappa shape index (κ3) is 4.05. The molecule has 27 heavy (non-hydrogen) atoms. The number of nitrogens with one attached hydrogen (secondary N) is 1. The minimum Gasteiger partial charge on any atom is -0.369 e. The first kappa shape index (κ1) is 17.8. The first-order chi connectivity index (χ1) is 13.2. The second-order valence-electron chi connectivity index (χ2n) is 6.20. The molecule has 0 spiro atoms. The van der Waals surface area contributed by atoms with E-state index in [2.05, 4.69) is 22.4 Å². The van der Waals surface area contributed by atoms with E-state index in [1.165, 1.54) is 5.56 Å². The lowest BCUT2D eigenvalue weighted by Gasteiger charge is -2.12. The maximum Gasteiger partial charge on any atom is 0.163 e. The molecule has 0 fully saturated rings. The van der Waals surface area contributed by atoms with E-state index in [0.717, 1.165) is 35.2 Å². The first-order valence-electron chi connectivity index (χ1n) is 8.71. The number of hydrogen-bond acceptors (Lipinski definition) is 3. The molecule has 0 radical (unpaired) electrons. The van der Waals surface area contributed by atoms with Crippen LogP contribution in [0.2, 0.25) is 10.0 Å². The lowest BCUT2D eigenvalue weighted by atomic mass is 10.1. The largest absolute Gasteiger partial charge is 0.369 e. The van der Waals surface area contributed by atoms with Gasteiger partial charge < -0.3 is 5.32 Å². The van der Waals surface area contributed by atoms with Crippen molar-refractivity contribution in [1.29, 1.82) is 0 Å². The molecule has 0 amide bonds. The summed E-state index contributed by atoms with van der Waals surface area (Å²) < 4.78 is 0. The summed E-state index contributed by atoms with van der Waals surface area (Å²) in [6.45, 7) is 0.765. The average molecular weight is 394 g/mol. The molecule has 4 rings (SSSR count). The minimum absolute atomic E-state index is 0.581. The number of anilines is 1. The molecular formula is C22H17Cl2N3. The third-order valence-corrected chi connectivity index (χ3v) is 4.89. The molecule has 0 bridgehead atoms. The molecule has 0 aliphatic carbocycles. The van der Waals surface area contributed by atoms with Crippen LogP contribution in [0.25, 0.3) is 22.3 Å². The molecule has 0 saturated heterocycles. The van der Waals surface area contributed by atoms with Crippen LogP contribution in [0.1, 0.15) is 5.56 Å². The maximum absolute atomic E-state index is 6.35. The number of hydrogen-bond donors (Lipinski definition) is 1. The Morgan fingerprint density at radius 2 is 1.59 bits per heavy atom. The summed E-state index contributed by atoms with van der Waals surface area (Å²) in [5.41, 5.74) is 2.86. The highest BCUT2D eigenvalue weighted by Gasteiger charge is 2.12. The third-order valence-electron chi connectivity index (χ3n) is 4.32. The lowest BCUT2D eigenvalue weighted by molar-refractivity contribution is 1.01. The highest BCUT2D eigenvalue weighted by atomic mass is 35.5. The SMILES string of the molecule is Clc1ccc2c(NCCc3ccccc3)nc(-c3ccccc3Cl)nc2c1. The number of halogens is 2. The molecule has 3 nitrogen and oxygen atoms in total. The van der Waals surface area contributed by atoms with Crippen molar-refractivity contribution < 1.29 is 0 Å². The van der Waals surface area contributed by atoms with Crippen molar-refractivity contribution >= 4 is 39.9 Å². The van der Waals surface area contributed by atoms with Gasteiger partial charge in [-0.25, -0.2) is 9.97 Å². The van der Waals surface area contributed by atoms with Gasteiger partial charge in [-0.05, 0) is 42.3 Å². The Labute approximate surface area is 168 Å². The molecule has 0 unspecified atom stereocenters. The lowest BCUT2D eigenvalue weighted by Crippen LogP contribution is -2.08. The van der Waals surface area contributed by atoms with E-state index in [-0.39, 0.29) is 0 Å². The van der Waals surface area contributed by atoms with Gasteiger partial charge in [0.1, 0.15) is 5.82 Å². The van der Waals surface area contributed by atoms with Crippen molar-refractivity contribution in [2.24, 2.45) is 0 Å². The first-order valence-corrected chi connectivity index (χ1v) is 9.46. The van der Waals surface area contributed by atoms with E-state index in [0.29, 0.717) is 15.9 Å². The van der Waals surface area contributed by atoms with E-state index in [9.17, 15) is 0 Å². The molecule has 5 heteroatoms. The summed E-state index contributed by atoms with van der Waals surface area (Å²) in [6, 6.07) is 23.6. The van der Waals surface area contributed by atoms with Crippen LogP contribution in [-0.4, -0.2) is 16.5 Å². The maximum atomic E-state index is 6.35. The fourth-order valence-electron chi connectivity index (χ4n) is 2.97. The van der Waals surface area contributed by atoms with Gasteiger partial charge in [0.2, 0.25) is 0 Å². The average Bonchev–Trinajstić information content (AvgIpc) is 2.68. The predicted molar refractivity (Wildman–Crippen MR) is 114 cm³/mol. The number of aromatic nitrogens is 2. The van der Waals surface area contributed by atoms with Gasteiger partial charge >= 0.3 is 0 Å². The molecule has 0 aliphatic rings. The molecular weight excluding hydrogens is 377 g/mol. The summed E-state index contributed by atoms with van der Waals surface area (Å²) in [4.78, 5) is 9.42. The zero-order chi connectivity index (χ0) is 18.6. The highest BCUT2D eigenvalue weighted by Crippen LogP contribution is 2.30. The van der Waals surface area contributed by atoms with Gasteiger partial charge in [0, 0.05) is 22.5 Å². The zero-order valence-corrected chi connectivity index (χ0v) is 16.0. The van der Waals surface area contributed by atoms with Gasteiger partial charge in [-0.1, -0.05) is 65.7 Å². The number of benzene rings is 3. The molecule has 1 N–H and O–H groups in total. The normalized spacial score (nSPS) is 10.9. The van der Waals surface area contributed by atoms with Crippen LogP contribution in [0.5, 0.6) is 0 Å². The van der Waals surface area contributed by atoms with Crippen LogP contribution in [0.3, 0.4) is 0 Å². The van der Waals surface area contributed by atoms with E-state index in [1.807, 2.05) is 60.7 Å². The van der Waals surface area contributed by atoms with E-state index < -0.39 is 0 Å². The topological polar surface area (TPSA) is 37.8 Å². The summed E-state index contributed by atoms with van der Waals surface area (Å²) in [6.07, 6.45) is 0.904. The van der Waals surface area contributed by atoms with Crippen molar-refractivity contribution in [1.82, 2.24) is 9.97 Å². The predicted octanol–water partition coefficient (Wildman–Crippen LogP) is 6.26. The van der Waals surface area contributed by atoms with Crippen LogP contribution < -0.4 is 5.32 Å². The monoisotopic (exact) mass is 393 g/mol. The molecule has 3 aromatic carbocycles. The second kappa shape index (κ2) is 7.95. The van der Waals surface area contributed by atoms with E-state index in [1.54, 1.807) is 0 Å².